The van der Waals surface area contributed by atoms with Gasteiger partial charge in [0.2, 0.25) is 0 Å². The van der Waals surface area contributed by atoms with Gasteiger partial charge in [-0.2, -0.15) is 0 Å². The fraction of sp³-hybridized carbons (Fsp3) is 1.00. The molecule has 0 heterocycles. The van der Waals surface area contributed by atoms with E-state index in [1.165, 1.54) is 44.9 Å². The molecule has 0 aromatic rings. The highest BCUT2D eigenvalue weighted by molar-refractivity contribution is 5.23. The van der Waals surface area contributed by atoms with Gasteiger partial charge in [0.1, 0.15) is 0 Å². The van der Waals surface area contributed by atoms with E-state index < -0.39 is 0 Å². The maximum atomic E-state index is 10.6. The zero-order chi connectivity index (χ0) is 23.7. The summed E-state index contributed by atoms with van der Waals surface area (Å²) in [5.41, 5.74) is 8.57. The van der Waals surface area contributed by atoms with Crippen molar-refractivity contribution in [2.24, 2.45) is 56.5 Å². The summed E-state index contributed by atoms with van der Waals surface area (Å²) in [7, 11) is 0. The van der Waals surface area contributed by atoms with Crippen LogP contribution >= 0.6 is 0 Å². The van der Waals surface area contributed by atoms with Crippen LogP contribution in [0.3, 0.4) is 0 Å². The zero-order valence-electron chi connectivity index (χ0n) is 22.8. The molecule has 4 aliphatic rings. The van der Waals surface area contributed by atoms with Crippen molar-refractivity contribution in [1.82, 2.24) is 0 Å². The Bertz CT molecular complexity index is 705. The number of fused-ring (bicyclic) bond motifs is 5. The normalized spacial score (nSPS) is 54.1. The molecule has 186 valence electrons. The van der Waals surface area contributed by atoms with E-state index in [0.29, 0.717) is 22.2 Å². The van der Waals surface area contributed by atoms with Gasteiger partial charge in [0.25, 0.3) is 0 Å². The van der Waals surface area contributed by atoms with Gasteiger partial charge in [-0.15, -0.1) is 0 Å². The fourth-order valence-corrected chi connectivity index (χ4v) is 10.6. The summed E-state index contributed by atoms with van der Waals surface area (Å²) in [6.45, 7) is 20.4. The molecule has 2 nitrogen and oxygen atoms in total. The number of hydrogen-bond donors (Lipinski definition) is 2. The Hall–Kier alpha value is -0.0800. The molecule has 0 bridgehead atoms. The van der Waals surface area contributed by atoms with Crippen molar-refractivity contribution in [3.63, 3.8) is 0 Å². The van der Waals surface area contributed by atoms with Crippen LogP contribution in [0.25, 0.3) is 0 Å². The highest BCUT2D eigenvalue weighted by Gasteiger charge is 2.73. The van der Waals surface area contributed by atoms with E-state index in [0.717, 1.165) is 43.4 Å². The second kappa shape index (κ2) is 7.97. The first-order valence-electron chi connectivity index (χ1n) is 14.2. The molecule has 4 saturated carbocycles. The van der Waals surface area contributed by atoms with Gasteiger partial charge in [0.15, 0.2) is 0 Å². The van der Waals surface area contributed by atoms with Gasteiger partial charge < -0.3 is 10.8 Å². The van der Waals surface area contributed by atoms with Gasteiger partial charge in [-0.3, -0.25) is 0 Å². The zero-order valence-corrected chi connectivity index (χ0v) is 22.8. The fourth-order valence-electron chi connectivity index (χ4n) is 10.6. The van der Waals surface area contributed by atoms with Crippen LogP contribution in [0.4, 0.5) is 0 Å². The number of aliphatic hydroxyl groups excluding tert-OH is 1. The van der Waals surface area contributed by atoms with E-state index in [2.05, 4.69) is 55.4 Å². The molecule has 0 aromatic heterocycles. The van der Waals surface area contributed by atoms with Gasteiger partial charge in [-0.05, 0) is 102 Å². The van der Waals surface area contributed by atoms with Crippen molar-refractivity contribution >= 4 is 0 Å². The van der Waals surface area contributed by atoms with Crippen LogP contribution in [-0.4, -0.2) is 17.3 Å². The Kier molecular flexibility index (Phi) is 6.24. The van der Waals surface area contributed by atoms with Crippen LogP contribution in [0.2, 0.25) is 0 Å². The van der Waals surface area contributed by atoms with E-state index >= 15 is 0 Å². The molecule has 4 fully saturated rings. The molecule has 0 aliphatic heterocycles. The van der Waals surface area contributed by atoms with E-state index in [-0.39, 0.29) is 23.0 Å². The van der Waals surface area contributed by atoms with Crippen molar-refractivity contribution in [2.75, 3.05) is 0 Å². The first-order chi connectivity index (χ1) is 14.8. The summed E-state index contributed by atoms with van der Waals surface area (Å²) < 4.78 is 0. The van der Waals surface area contributed by atoms with Crippen LogP contribution in [0.5, 0.6) is 0 Å². The van der Waals surface area contributed by atoms with Crippen molar-refractivity contribution < 1.29 is 5.11 Å². The average molecular weight is 446 g/mol. The molecule has 0 amide bonds. The van der Waals surface area contributed by atoms with Gasteiger partial charge in [-0.25, -0.2) is 0 Å². The number of aliphatic hydroxyl groups is 1. The van der Waals surface area contributed by atoms with Crippen LogP contribution < -0.4 is 5.73 Å². The van der Waals surface area contributed by atoms with Crippen LogP contribution in [0.1, 0.15) is 126 Å². The predicted octanol–water partition coefficient (Wildman–Crippen LogP) is 7.58. The summed E-state index contributed by atoms with van der Waals surface area (Å²) in [4.78, 5) is 0. The van der Waals surface area contributed by atoms with E-state index in [4.69, 9.17) is 5.73 Å². The lowest BCUT2D eigenvalue weighted by Gasteiger charge is -2.74. The van der Waals surface area contributed by atoms with Crippen molar-refractivity contribution in [2.45, 2.75) is 138 Å². The van der Waals surface area contributed by atoms with Gasteiger partial charge in [0.05, 0.1) is 6.10 Å². The predicted molar refractivity (Wildman–Crippen MR) is 136 cm³/mol. The second-order valence-corrected chi connectivity index (χ2v) is 14.7. The molecular formula is C30H55NO. The minimum atomic E-state index is -0.161. The number of nitrogens with two attached hydrogens (primary N) is 1. The Morgan fingerprint density at radius 1 is 0.812 bits per heavy atom. The lowest BCUT2D eigenvalue weighted by molar-refractivity contribution is -0.252. The highest BCUT2D eigenvalue weighted by Crippen LogP contribution is 2.79. The monoisotopic (exact) mass is 445 g/mol. The Labute approximate surface area is 199 Å². The van der Waals surface area contributed by atoms with Gasteiger partial charge in [0, 0.05) is 6.04 Å². The third-order valence-electron chi connectivity index (χ3n) is 13.4. The molecule has 4 aliphatic carbocycles. The highest BCUT2D eigenvalue weighted by atomic mass is 16.3. The standard InChI is InChI=1S/C30H55NO/c1-20(2)10-9-11-21(3)23-13-14-27(5)24-18-25(31)29(7)19-22(32)12-15-30(29,8)28(24,6)17-16-26(23,27)4/h20-25,32H,9-19,31H2,1-8H3/t21-,22-,23?,24-,25+,26+,27-,28-,29+,30+/m0/s1. The molecule has 0 aromatic carbocycles. The summed E-state index contributed by atoms with van der Waals surface area (Å²) in [5, 5.41) is 10.6. The number of hydrogen-bond acceptors (Lipinski definition) is 2. The molecule has 10 atom stereocenters. The molecular weight excluding hydrogens is 390 g/mol. The van der Waals surface area contributed by atoms with Crippen molar-refractivity contribution in [3.8, 4) is 0 Å². The van der Waals surface area contributed by atoms with Crippen molar-refractivity contribution in [1.29, 1.82) is 0 Å². The molecule has 3 N–H and O–H groups in total. The van der Waals surface area contributed by atoms with Crippen LogP contribution in [-0.2, 0) is 0 Å². The van der Waals surface area contributed by atoms with Gasteiger partial charge >= 0.3 is 0 Å². The van der Waals surface area contributed by atoms with E-state index in [9.17, 15) is 5.11 Å². The first kappa shape index (κ1) is 25.0. The van der Waals surface area contributed by atoms with Crippen molar-refractivity contribution in [3.05, 3.63) is 0 Å². The lowest BCUT2D eigenvalue weighted by Crippen LogP contribution is -2.71. The second-order valence-electron chi connectivity index (χ2n) is 14.7. The average Bonchev–Trinajstić information content (AvgIpc) is 2.98. The Morgan fingerprint density at radius 3 is 2.12 bits per heavy atom. The minimum Gasteiger partial charge on any atom is -0.393 e. The van der Waals surface area contributed by atoms with E-state index in [1.807, 2.05) is 0 Å². The first-order valence-corrected chi connectivity index (χ1v) is 14.2. The molecule has 1 unspecified atom stereocenters. The van der Waals surface area contributed by atoms with E-state index in [1.54, 1.807) is 0 Å². The molecule has 4 rings (SSSR count). The summed E-state index contributed by atoms with van der Waals surface area (Å²) >= 11 is 0. The molecule has 0 spiro atoms. The van der Waals surface area contributed by atoms with Crippen LogP contribution in [0.15, 0.2) is 0 Å². The summed E-state index contributed by atoms with van der Waals surface area (Å²) in [6, 6.07) is 0.210. The largest absolute Gasteiger partial charge is 0.393 e. The third-order valence-corrected chi connectivity index (χ3v) is 13.4. The Balaban J connectivity index is 1.64. The maximum Gasteiger partial charge on any atom is 0.0546 e. The molecule has 0 saturated heterocycles. The van der Waals surface area contributed by atoms with Gasteiger partial charge in [-0.1, -0.05) is 74.7 Å². The Morgan fingerprint density at radius 2 is 1.47 bits per heavy atom. The lowest BCUT2D eigenvalue weighted by atomic mass is 9.31. The minimum absolute atomic E-state index is 0.0577. The smallest absolute Gasteiger partial charge is 0.0546 e. The third kappa shape index (κ3) is 3.16. The molecule has 0 radical (unpaired) electrons. The topological polar surface area (TPSA) is 46.2 Å². The summed E-state index contributed by atoms with van der Waals surface area (Å²) in [5.74, 6) is 3.25. The van der Waals surface area contributed by atoms with Crippen LogP contribution in [0, 0.1) is 50.7 Å². The maximum absolute atomic E-state index is 10.6. The summed E-state index contributed by atoms with van der Waals surface area (Å²) in [6.07, 6.45) is 13.7. The quantitative estimate of drug-likeness (QED) is 0.458. The SMILES string of the molecule is CC(C)CCC[C@H](C)C1CC[C@@]2(C)[C@@H]3C[C@@H](N)[C@@]4(C)C[C@@H](O)CC[C@]4(C)[C@@]3(C)CC[C@]12C. The molecule has 2 heteroatoms. The number of rotatable bonds is 5. The molecule has 32 heavy (non-hydrogen) atoms.